The molecule has 4 aromatic rings. The minimum Gasteiger partial charge on any atom is -0.456 e. The second-order valence-electron chi connectivity index (χ2n) is 6.32. The lowest BCUT2D eigenvalue weighted by atomic mass is 9.90. The van der Waals surface area contributed by atoms with Gasteiger partial charge in [0.25, 0.3) is 0 Å². The van der Waals surface area contributed by atoms with Gasteiger partial charge in [-0.15, -0.1) is 0 Å². The molecule has 4 nitrogen and oxygen atoms in total. The first-order chi connectivity index (χ1) is 11.7. The number of rotatable bonds is 0. The zero-order valence-corrected chi connectivity index (χ0v) is 12.6. The summed E-state index contributed by atoms with van der Waals surface area (Å²) in [6.45, 7) is 0. The number of hydrogen-bond acceptors (Lipinski definition) is 4. The maximum absolute atomic E-state index is 6.18. The van der Waals surface area contributed by atoms with Crippen LogP contribution in [0.2, 0.25) is 0 Å². The first kappa shape index (κ1) is 12.1. The molecule has 6 rings (SSSR count). The van der Waals surface area contributed by atoms with Crippen molar-refractivity contribution in [3.8, 4) is 11.1 Å². The maximum atomic E-state index is 6.18. The van der Waals surface area contributed by atoms with Gasteiger partial charge in [0.1, 0.15) is 22.3 Å². The van der Waals surface area contributed by atoms with Gasteiger partial charge in [-0.3, -0.25) is 0 Å². The molecular formula is C20H12N2O2. The fourth-order valence-corrected chi connectivity index (χ4v) is 3.92. The molecule has 0 bridgehead atoms. The average Bonchev–Trinajstić information content (AvgIpc) is 2.56. The van der Waals surface area contributed by atoms with Crippen molar-refractivity contribution in [3.05, 3.63) is 48.5 Å². The molecule has 0 unspecified atom stereocenters. The van der Waals surface area contributed by atoms with Crippen LogP contribution in [0.15, 0.2) is 57.4 Å². The molecule has 0 radical (unpaired) electrons. The lowest BCUT2D eigenvalue weighted by molar-refractivity contribution is 0.646. The van der Waals surface area contributed by atoms with Crippen molar-refractivity contribution in [1.82, 2.24) is 0 Å². The second-order valence-corrected chi connectivity index (χ2v) is 6.32. The van der Waals surface area contributed by atoms with Gasteiger partial charge in [-0.1, -0.05) is 12.1 Å². The normalized spacial score (nSPS) is 12.5. The Hall–Kier alpha value is -3.40. The minimum atomic E-state index is 0.687. The first-order valence-corrected chi connectivity index (χ1v) is 7.77. The average molecular weight is 312 g/mol. The third-order valence-electron chi connectivity index (χ3n) is 4.82. The molecule has 0 aliphatic carbocycles. The number of anilines is 2. The first-order valence-electron chi connectivity index (χ1n) is 7.77. The molecule has 2 heterocycles. The van der Waals surface area contributed by atoms with Crippen LogP contribution >= 0.6 is 0 Å². The van der Waals surface area contributed by atoms with E-state index < -0.39 is 0 Å². The summed E-state index contributed by atoms with van der Waals surface area (Å²) in [4.78, 5) is 0. The summed E-state index contributed by atoms with van der Waals surface area (Å²) in [6.07, 6.45) is 0. The highest BCUT2D eigenvalue weighted by Crippen LogP contribution is 2.48. The van der Waals surface area contributed by atoms with E-state index in [0.29, 0.717) is 11.4 Å². The molecular weight excluding hydrogens is 300 g/mol. The fourth-order valence-electron chi connectivity index (χ4n) is 3.92. The van der Waals surface area contributed by atoms with Crippen molar-refractivity contribution in [3.63, 3.8) is 0 Å². The summed E-state index contributed by atoms with van der Waals surface area (Å²) in [7, 11) is 0. The van der Waals surface area contributed by atoms with Crippen molar-refractivity contribution in [1.29, 1.82) is 0 Å². The summed E-state index contributed by atoms with van der Waals surface area (Å²) < 4.78 is 12.4. The van der Waals surface area contributed by atoms with Gasteiger partial charge < -0.3 is 20.3 Å². The lowest BCUT2D eigenvalue weighted by Crippen LogP contribution is -1.96. The van der Waals surface area contributed by atoms with Crippen molar-refractivity contribution in [2.24, 2.45) is 0 Å². The number of hydrogen-bond donors (Lipinski definition) is 2. The largest absolute Gasteiger partial charge is 0.456 e. The molecule has 114 valence electrons. The molecule has 4 aromatic carbocycles. The van der Waals surface area contributed by atoms with Gasteiger partial charge in [-0.05, 0) is 35.0 Å². The van der Waals surface area contributed by atoms with Crippen LogP contribution in [-0.2, 0) is 0 Å². The van der Waals surface area contributed by atoms with Crippen LogP contribution < -0.4 is 11.5 Å². The van der Waals surface area contributed by atoms with Crippen LogP contribution in [-0.4, -0.2) is 0 Å². The zero-order valence-electron chi connectivity index (χ0n) is 12.6. The van der Waals surface area contributed by atoms with E-state index >= 15 is 0 Å². The van der Waals surface area contributed by atoms with Crippen molar-refractivity contribution >= 4 is 55.3 Å². The lowest BCUT2D eigenvalue weighted by Gasteiger charge is -2.19. The van der Waals surface area contributed by atoms with Crippen LogP contribution in [0, 0.1) is 0 Å². The third-order valence-corrected chi connectivity index (χ3v) is 4.82. The van der Waals surface area contributed by atoms with Crippen LogP contribution in [0.25, 0.3) is 55.0 Å². The minimum absolute atomic E-state index is 0.687. The van der Waals surface area contributed by atoms with E-state index in [4.69, 9.17) is 20.3 Å². The van der Waals surface area contributed by atoms with Crippen molar-refractivity contribution in [2.75, 3.05) is 11.5 Å². The predicted molar refractivity (Wildman–Crippen MR) is 97.6 cm³/mol. The number of nitrogens with two attached hydrogens (primary N) is 2. The SMILES string of the molecule is Nc1cc2ccc3oc4cc(N)cc5ccc6oc(c1)c2c3-c6c54. The molecule has 0 saturated heterocycles. The number of nitrogen functional groups attached to an aromatic ring is 2. The molecule has 0 fully saturated rings. The van der Waals surface area contributed by atoms with E-state index in [1.807, 2.05) is 48.5 Å². The summed E-state index contributed by atoms with van der Waals surface area (Å²) in [5.41, 5.74) is 18.8. The van der Waals surface area contributed by atoms with E-state index in [-0.39, 0.29) is 0 Å². The van der Waals surface area contributed by atoms with Crippen LogP contribution in [0.1, 0.15) is 0 Å². The summed E-state index contributed by atoms with van der Waals surface area (Å²) in [5, 5.41) is 4.19. The van der Waals surface area contributed by atoms with E-state index in [1.54, 1.807) is 0 Å². The van der Waals surface area contributed by atoms with Gasteiger partial charge in [0.15, 0.2) is 0 Å². The van der Waals surface area contributed by atoms with Gasteiger partial charge in [0.2, 0.25) is 0 Å². The van der Waals surface area contributed by atoms with Gasteiger partial charge in [0, 0.05) is 45.4 Å². The Morgan fingerprint density at radius 1 is 0.542 bits per heavy atom. The molecule has 4 N–H and O–H groups in total. The molecule has 0 atom stereocenters. The summed E-state index contributed by atoms with van der Waals surface area (Å²) in [5.74, 6) is 0. The Morgan fingerprint density at radius 2 is 1.00 bits per heavy atom. The zero-order chi connectivity index (χ0) is 16.0. The van der Waals surface area contributed by atoms with Gasteiger partial charge >= 0.3 is 0 Å². The molecule has 2 aliphatic heterocycles. The van der Waals surface area contributed by atoms with E-state index in [0.717, 1.165) is 55.0 Å². The van der Waals surface area contributed by atoms with Gasteiger partial charge in [-0.2, -0.15) is 0 Å². The quantitative estimate of drug-likeness (QED) is 0.230. The van der Waals surface area contributed by atoms with Crippen molar-refractivity contribution in [2.45, 2.75) is 0 Å². The van der Waals surface area contributed by atoms with Crippen molar-refractivity contribution < 1.29 is 8.83 Å². The Balaban J connectivity index is 2.04. The molecule has 0 saturated carbocycles. The molecule has 2 aliphatic rings. The van der Waals surface area contributed by atoms with E-state index in [9.17, 15) is 0 Å². The smallest absolute Gasteiger partial charge is 0.138 e. The summed E-state index contributed by atoms with van der Waals surface area (Å²) >= 11 is 0. The Bertz CT molecular complexity index is 1270. The highest BCUT2D eigenvalue weighted by molar-refractivity contribution is 6.24. The number of benzene rings is 4. The fraction of sp³-hybridized carbons (Fsp3) is 0. The van der Waals surface area contributed by atoms with Crippen LogP contribution in [0.4, 0.5) is 11.4 Å². The standard InChI is InChI=1S/C20H12N2O2/c21-11-5-9-1-3-13-19-17(9)15(7-11)24-14-4-2-10-6-12(22)8-16(23-13)18(10)20(14)19/h1-8H,21-22H2. The topological polar surface area (TPSA) is 78.3 Å². The molecule has 24 heavy (non-hydrogen) atoms. The molecule has 4 heteroatoms. The van der Waals surface area contributed by atoms with E-state index in [2.05, 4.69) is 0 Å². The van der Waals surface area contributed by atoms with Gasteiger partial charge in [-0.25, -0.2) is 0 Å². The molecule has 0 aromatic heterocycles. The Kier molecular flexibility index (Phi) is 1.88. The Morgan fingerprint density at radius 3 is 1.46 bits per heavy atom. The predicted octanol–water partition coefficient (Wildman–Crippen LogP) is 5.19. The van der Waals surface area contributed by atoms with Crippen LogP contribution in [0.5, 0.6) is 0 Å². The summed E-state index contributed by atoms with van der Waals surface area (Å²) in [6, 6.07) is 15.7. The highest BCUT2D eigenvalue weighted by atomic mass is 16.3. The maximum Gasteiger partial charge on any atom is 0.138 e. The molecule has 0 spiro atoms. The monoisotopic (exact) mass is 312 g/mol. The molecule has 0 amide bonds. The Labute approximate surface area is 135 Å². The van der Waals surface area contributed by atoms with Crippen LogP contribution in [0.3, 0.4) is 0 Å². The highest BCUT2D eigenvalue weighted by Gasteiger charge is 2.24. The third kappa shape index (κ3) is 1.30. The van der Waals surface area contributed by atoms with Gasteiger partial charge in [0.05, 0.1) is 0 Å². The second kappa shape index (κ2) is 3.74. The van der Waals surface area contributed by atoms with E-state index in [1.165, 1.54) is 0 Å².